The fraction of sp³-hybridized carbons (Fsp3) is 0.0312. The topological polar surface area (TPSA) is 94.3 Å². The van der Waals surface area contributed by atoms with Crippen molar-refractivity contribution in [2.24, 2.45) is 5.10 Å². The number of carbonyl (C=O) groups is 1. The normalized spacial score (nSPS) is 11.1. The zero-order valence-electron chi connectivity index (χ0n) is 21.6. The molecule has 6 rings (SSSR count). The third kappa shape index (κ3) is 5.06. The SMILES string of the molecule is COc1ccc(-c2nn(-c3ccccc3)cc2/C=N\NC(=O)c2cc(-c3ccccn3)nc3ccccc23)cc1. The van der Waals surface area contributed by atoms with Crippen LogP contribution in [0.25, 0.3) is 39.2 Å². The average molecular weight is 525 g/mol. The van der Waals surface area contributed by atoms with Gasteiger partial charge in [0, 0.05) is 28.9 Å². The fourth-order valence-corrected chi connectivity index (χ4v) is 4.40. The standard InChI is InChI=1S/C32H24N6O2/c1-40-25-16-14-22(15-17-25)31-23(21-38(37-31)24-9-3-2-4-10-24)20-34-36-32(39)27-19-30(29-13-7-8-18-33-29)35-28-12-6-5-11-26(27)28/h2-21H,1H3,(H,36,39)/b34-20-. The lowest BCUT2D eigenvalue weighted by Crippen LogP contribution is -2.18. The fourth-order valence-electron chi connectivity index (χ4n) is 4.40. The van der Waals surface area contributed by atoms with E-state index in [2.05, 4.69) is 15.5 Å². The van der Waals surface area contributed by atoms with Gasteiger partial charge < -0.3 is 4.74 Å². The Bertz CT molecular complexity index is 1810. The van der Waals surface area contributed by atoms with Crippen LogP contribution in [0.1, 0.15) is 15.9 Å². The maximum absolute atomic E-state index is 13.4. The Balaban J connectivity index is 1.33. The second kappa shape index (κ2) is 11.0. The summed E-state index contributed by atoms with van der Waals surface area (Å²) in [7, 11) is 1.63. The summed E-state index contributed by atoms with van der Waals surface area (Å²) in [6.45, 7) is 0. The smallest absolute Gasteiger partial charge is 0.272 e. The van der Waals surface area contributed by atoms with Crippen molar-refractivity contribution >= 4 is 23.0 Å². The maximum atomic E-state index is 13.4. The molecule has 8 nitrogen and oxygen atoms in total. The second-order valence-electron chi connectivity index (χ2n) is 8.93. The molecular formula is C32H24N6O2. The number of pyridine rings is 2. The molecule has 6 aromatic rings. The van der Waals surface area contributed by atoms with Crippen molar-refractivity contribution in [3.63, 3.8) is 0 Å². The summed E-state index contributed by atoms with van der Waals surface area (Å²) in [5.74, 6) is 0.400. The highest BCUT2D eigenvalue weighted by molar-refractivity contribution is 6.07. The molecule has 8 heteroatoms. The first kappa shape index (κ1) is 24.7. The Labute approximate surface area is 230 Å². The number of aromatic nitrogens is 4. The van der Waals surface area contributed by atoms with E-state index in [1.54, 1.807) is 30.3 Å². The Morgan fingerprint density at radius 3 is 2.45 bits per heavy atom. The molecule has 3 aromatic heterocycles. The number of hydrogen-bond donors (Lipinski definition) is 1. The number of nitrogens with one attached hydrogen (secondary N) is 1. The number of amides is 1. The largest absolute Gasteiger partial charge is 0.497 e. The molecule has 0 saturated carbocycles. The van der Waals surface area contributed by atoms with Crippen molar-refractivity contribution in [3.05, 3.63) is 127 Å². The molecule has 0 spiro atoms. The third-order valence-corrected chi connectivity index (χ3v) is 6.38. The van der Waals surface area contributed by atoms with Gasteiger partial charge in [-0.1, -0.05) is 42.5 Å². The first-order valence-corrected chi connectivity index (χ1v) is 12.6. The molecule has 0 aliphatic rings. The summed E-state index contributed by atoms with van der Waals surface area (Å²) in [6.07, 6.45) is 5.19. The molecule has 0 aliphatic carbocycles. The Hall–Kier alpha value is -5.63. The molecule has 1 N–H and O–H groups in total. The van der Waals surface area contributed by atoms with Gasteiger partial charge in [-0.15, -0.1) is 0 Å². The van der Waals surface area contributed by atoms with Crippen LogP contribution in [0.3, 0.4) is 0 Å². The van der Waals surface area contributed by atoms with Gasteiger partial charge in [-0.2, -0.15) is 10.2 Å². The molecule has 0 unspecified atom stereocenters. The first-order chi connectivity index (χ1) is 19.7. The van der Waals surface area contributed by atoms with Crippen molar-refractivity contribution < 1.29 is 9.53 Å². The monoisotopic (exact) mass is 524 g/mol. The van der Waals surface area contributed by atoms with Crippen molar-refractivity contribution in [1.29, 1.82) is 0 Å². The number of hydrogen-bond acceptors (Lipinski definition) is 6. The van der Waals surface area contributed by atoms with Crippen molar-refractivity contribution in [3.8, 4) is 34.1 Å². The predicted molar refractivity (Wildman–Crippen MR) is 156 cm³/mol. The van der Waals surface area contributed by atoms with Crippen LogP contribution in [0, 0.1) is 0 Å². The van der Waals surface area contributed by atoms with Crippen LogP contribution in [0.5, 0.6) is 5.75 Å². The molecule has 40 heavy (non-hydrogen) atoms. The zero-order chi connectivity index (χ0) is 27.3. The number of rotatable bonds is 7. The second-order valence-corrected chi connectivity index (χ2v) is 8.93. The molecule has 3 aromatic carbocycles. The number of ether oxygens (including phenoxy) is 1. The molecule has 194 valence electrons. The van der Waals surface area contributed by atoms with Gasteiger partial charge >= 0.3 is 0 Å². The third-order valence-electron chi connectivity index (χ3n) is 6.38. The summed E-state index contributed by atoms with van der Waals surface area (Å²) in [4.78, 5) is 22.5. The van der Waals surface area contributed by atoms with Crippen molar-refractivity contribution in [2.75, 3.05) is 7.11 Å². The molecule has 0 saturated heterocycles. The highest BCUT2D eigenvalue weighted by Crippen LogP contribution is 2.26. The Morgan fingerprint density at radius 1 is 0.900 bits per heavy atom. The summed E-state index contributed by atoms with van der Waals surface area (Å²) in [5, 5.41) is 9.85. The maximum Gasteiger partial charge on any atom is 0.272 e. The Kier molecular flexibility index (Phi) is 6.79. The van der Waals surface area contributed by atoms with Crippen LogP contribution >= 0.6 is 0 Å². The van der Waals surface area contributed by atoms with Gasteiger partial charge in [0.25, 0.3) is 5.91 Å². The lowest BCUT2D eigenvalue weighted by Gasteiger charge is -2.08. The minimum Gasteiger partial charge on any atom is -0.497 e. The number of methoxy groups -OCH3 is 1. The molecule has 1 amide bonds. The molecule has 0 atom stereocenters. The van der Waals surface area contributed by atoms with Gasteiger partial charge in [0.1, 0.15) is 11.4 Å². The van der Waals surface area contributed by atoms with Crippen LogP contribution in [0.2, 0.25) is 0 Å². The van der Waals surface area contributed by atoms with E-state index in [1.165, 1.54) is 0 Å². The molecule has 0 bridgehead atoms. The van der Waals surface area contributed by atoms with Gasteiger partial charge in [0.2, 0.25) is 0 Å². The number of fused-ring (bicyclic) bond motifs is 1. The number of para-hydroxylation sites is 2. The van der Waals surface area contributed by atoms with E-state index in [-0.39, 0.29) is 5.91 Å². The van der Waals surface area contributed by atoms with E-state index in [4.69, 9.17) is 14.8 Å². The van der Waals surface area contributed by atoms with Crippen LogP contribution in [0.4, 0.5) is 0 Å². The van der Waals surface area contributed by atoms with Crippen molar-refractivity contribution in [1.82, 2.24) is 25.2 Å². The van der Waals surface area contributed by atoms with Gasteiger partial charge in [0.15, 0.2) is 0 Å². The number of nitrogens with zero attached hydrogens (tertiary/aromatic N) is 5. The number of benzene rings is 3. The molecule has 0 fully saturated rings. The van der Waals surface area contributed by atoms with E-state index >= 15 is 0 Å². The number of hydrazone groups is 1. The predicted octanol–water partition coefficient (Wildman–Crippen LogP) is 5.92. The summed E-state index contributed by atoms with van der Waals surface area (Å²) >= 11 is 0. The van der Waals surface area contributed by atoms with Gasteiger partial charge in [-0.25, -0.2) is 15.1 Å². The molecular weight excluding hydrogens is 500 g/mol. The van der Waals surface area contributed by atoms with Gasteiger partial charge in [0.05, 0.1) is 41.5 Å². The highest BCUT2D eigenvalue weighted by Gasteiger charge is 2.15. The van der Waals surface area contributed by atoms with E-state index in [0.29, 0.717) is 22.5 Å². The summed E-state index contributed by atoms with van der Waals surface area (Å²) in [6, 6.07) is 32.3. The van der Waals surface area contributed by atoms with E-state index in [9.17, 15) is 4.79 Å². The summed E-state index contributed by atoms with van der Waals surface area (Å²) in [5.41, 5.74) is 8.40. The van der Waals surface area contributed by atoms with E-state index in [0.717, 1.165) is 33.6 Å². The minimum atomic E-state index is -0.353. The van der Waals surface area contributed by atoms with E-state index < -0.39 is 0 Å². The summed E-state index contributed by atoms with van der Waals surface area (Å²) < 4.78 is 7.09. The van der Waals surface area contributed by atoms with Crippen LogP contribution < -0.4 is 10.2 Å². The quantitative estimate of drug-likeness (QED) is 0.207. The number of carbonyl (C=O) groups excluding carboxylic acids is 1. The first-order valence-electron chi connectivity index (χ1n) is 12.6. The minimum absolute atomic E-state index is 0.353. The van der Waals surface area contributed by atoms with Crippen LogP contribution in [-0.4, -0.2) is 39.0 Å². The van der Waals surface area contributed by atoms with Crippen LogP contribution in [0.15, 0.2) is 121 Å². The van der Waals surface area contributed by atoms with Crippen molar-refractivity contribution in [2.45, 2.75) is 0 Å². The van der Waals surface area contributed by atoms with E-state index in [1.807, 2.05) is 103 Å². The molecule has 0 radical (unpaired) electrons. The highest BCUT2D eigenvalue weighted by atomic mass is 16.5. The lowest BCUT2D eigenvalue weighted by atomic mass is 10.1. The Morgan fingerprint density at radius 2 is 1.68 bits per heavy atom. The van der Waals surface area contributed by atoms with Gasteiger partial charge in [-0.05, 0) is 60.7 Å². The zero-order valence-corrected chi connectivity index (χ0v) is 21.6. The average Bonchev–Trinajstić information content (AvgIpc) is 3.45. The lowest BCUT2D eigenvalue weighted by molar-refractivity contribution is 0.0956. The van der Waals surface area contributed by atoms with Gasteiger partial charge in [-0.3, -0.25) is 9.78 Å². The van der Waals surface area contributed by atoms with Crippen LogP contribution in [-0.2, 0) is 0 Å². The molecule has 3 heterocycles. The molecule has 0 aliphatic heterocycles.